The number of carbonyl (C=O) groups excluding carboxylic acids is 1. The molecule has 0 aliphatic carbocycles. The molecule has 1 aromatic heterocycles. The minimum absolute atomic E-state index is 0.120. The molecule has 2 rings (SSSR count). The maximum absolute atomic E-state index is 13.1. The van der Waals surface area contributed by atoms with E-state index < -0.39 is 28.6 Å². The summed E-state index contributed by atoms with van der Waals surface area (Å²) in [7, 11) is 0. The first-order valence-corrected chi connectivity index (χ1v) is 7.20. The first-order chi connectivity index (χ1) is 11.3. The van der Waals surface area contributed by atoms with E-state index in [4.69, 9.17) is 16.3 Å². The Labute approximate surface area is 141 Å². The third-order valence-electron chi connectivity index (χ3n) is 3.01. The molecule has 7 nitrogen and oxygen atoms in total. The van der Waals surface area contributed by atoms with Gasteiger partial charge in [-0.2, -0.15) is 0 Å². The number of benzene rings is 1. The van der Waals surface area contributed by atoms with Gasteiger partial charge in [0.25, 0.3) is 5.91 Å². The van der Waals surface area contributed by atoms with Gasteiger partial charge in [-0.25, -0.2) is 4.39 Å². The monoisotopic (exact) mass is 353 g/mol. The van der Waals surface area contributed by atoms with Crippen LogP contribution >= 0.6 is 11.6 Å². The third kappa shape index (κ3) is 4.17. The fourth-order valence-electron chi connectivity index (χ4n) is 1.81. The van der Waals surface area contributed by atoms with E-state index in [-0.39, 0.29) is 16.5 Å². The number of carbonyl (C=O) groups is 1. The molecule has 1 heterocycles. The highest BCUT2D eigenvalue weighted by Crippen LogP contribution is 2.26. The van der Waals surface area contributed by atoms with Crippen molar-refractivity contribution in [3.63, 3.8) is 0 Å². The SMILES string of the molecule is Cc1ccc(OC(C)C(=O)Nc2ccc(F)c(Cl)c2)c([N+](=O)[O-])n1. The molecule has 0 radical (unpaired) electrons. The average Bonchev–Trinajstić information content (AvgIpc) is 2.52. The molecule has 0 saturated carbocycles. The number of hydrogen-bond donors (Lipinski definition) is 1. The zero-order valence-corrected chi connectivity index (χ0v) is 13.5. The molecule has 0 fully saturated rings. The van der Waals surface area contributed by atoms with Gasteiger partial charge < -0.3 is 20.2 Å². The van der Waals surface area contributed by atoms with E-state index in [1.807, 2.05) is 0 Å². The second-order valence-corrected chi connectivity index (χ2v) is 5.32. The number of halogens is 2. The minimum atomic E-state index is -1.04. The molecule has 1 amide bonds. The van der Waals surface area contributed by atoms with Crippen molar-refractivity contribution in [2.45, 2.75) is 20.0 Å². The second-order valence-electron chi connectivity index (χ2n) is 4.91. The molecule has 1 atom stereocenters. The van der Waals surface area contributed by atoms with Crippen LogP contribution in [0.2, 0.25) is 5.02 Å². The molecule has 0 spiro atoms. The summed E-state index contributed by atoms with van der Waals surface area (Å²) in [6.07, 6.45) is -1.04. The van der Waals surface area contributed by atoms with Crippen molar-refractivity contribution < 1.29 is 18.8 Å². The van der Waals surface area contributed by atoms with Gasteiger partial charge in [0.15, 0.2) is 6.10 Å². The van der Waals surface area contributed by atoms with Crippen LogP contribution in [0.4, 0.5) is 15.9 Å². The number of anilines is 1. The van der Waals surface area contributed by atoms with Crippen molar-refractivity contribution in [2.75, 3.05) is 5.32 Å². The van der Waals surface area contributed by atoms with E-state index in [0.29, 0.717) is 5.69 Å². The molecule has 1 unspecified atom stereocenters. The van der Waals surface area contributed by atoms with Crippen LogP contribution in [0.25, 0.3) is 0 Å². The zero-order chi connectivity index (χ0) is 17.9. The van der Waals surface area contributed by atoms with Crippen LogP contribution in [-0.2, 0) is 4.79 Å². The van der Waals surface area contributed by atoms with Crippen LogP contribution < -0.4 is 10.1 Å². The zero-order valence-electron chi connectivity index (χ0n) is 12.7. The number of ether oxygens (including phenoxy) is 1. The van der Waals surface area contributed by atoms with Crippen LogP contribution in [0.5, 0.6) is 5.75 Å². The summed E-state index contributed by atoms with van der Waals surface area (Å²) in [5, 5.41) is 13.3. The first kappa shape index (κ1) is 17.6. The van der Waals surface area contributed by atoms with Gasteiger partial charge in [-0.1, -0.05) is 11.6 Å². The normalized spacial score (nSPS) is 11.7. The number of aryl methyl sites for hydroxylation is 1. The van der Waals surface area contributed by atoms with Crippen molar-refractivity contribution >= 4 is 29.0 Å². The third-order valence-corrected chi connectivity index (χ3v) is 3.30. The number of rotatable bonds is 5. The highest BCUT2D eigenvalue weighted by molar-refractivity contribution is 6.31. The fraction of sp³-hybridized carbons (Fsp3) is 0.200. The van der Waals surface area contributed by atoms with E-state index in [1.165, 1.54) is 31.2 Å². The Kier molecular flexibility index (Phi) is 5.30. The van der Waals surface area contributed by atoms with E-state index in [0.717, 1.165) is 6.07 Å². The molecule has 0 aliphatic rings. The summed E-state index contributed by atoms with van der Waals surface area (Å²) in [5.74, 6) is -1.78. The molecule has 0 saturated heterocycles. The molecule has 9 heteroatoms. The molecule has 1 N–H and O–H groups in total. The summed E-state index contributed by atoms with van der Waals surface area (Å²) >= 11 is 5.64. The number of aromatic nitrogens is 1. The molecular formula is C15H13ClFN3O4. The summed E-state index contributed by atoms with van der Waals surface area (Å²) in [6, 6.07) is 6.60. The lowest BCUT2D eigenvalue weighted by Gasteiger charge is -2.14. The van der Waals surface area contributed by atoms with Crippen LogP contribution in [0.15, 0.2) is 30.3 Å². The minimum Gasteiger partial charge on any atom is -0.473 e. The number of amides is 1. The van der Waals surface area contributed by atoms with Crippen LogP contribution in [-0.4, -0.2) is 21.9 Å². The van der Waals surface area contributed by atoms with Gasteiger partial charge in [0.1, 0.15) is 11.5 Å². The number of nitro groups is 1. The van der Waals surface area contributed by atoms with Crippen LogP contribution in [0.1, 0.15) is 12.6 Å². The first-order valence-electron chi connectivity index (χ1n) is 6.82. The van der Waals surface area contributed by atoms with Gasteiger partial charge in [-0.05, 0) is 47.2 Å². The molecular weight excluding hydrogens is 341 g/mol. The Hall–Kier alpha value is -2.74. The van der Waals surface area contributed by atoms with Crippen molar-refractivity contribution in [3.8, 4) is 5.75 Å². The molecule has 2 aromatic rings. The molecule has 126 valence electrons. The average molecular weight is 354 g/mol. The quantitative estimate of drug-likeness (QED) is 0.655. The lowest BCUT2D eigenvalue weighted by molar-refractivity contribution is -0.390. The molecule has 0 bridgehead atoms. The maximum atomic E-state index is 13.1. The van der Waals surface area contributed by atoms with Crippen molar-refractivity contribution in [1.29, 1.82) is 0 Å². The van der Waals surface area contributed by atoms with Crippen molar-refractivity contribution in [3.05, 3.63) is 57.0 Å². The molecule has 1 aromatic carbocycles. The van der Waals surface area contributed by atoms with Gasteiger partial charge >= 0.3 is 5.82 Å². The Morgan fingerprint density at radius 2 is 2.12 bits per heavy atom. The number of hydrogen-bond acceptors (Lipinski definition) is 5. The van der Waals surface area contributed by atoms with Gasteiger partial charge in [0.05, 0.1) is 5.02 Å². The van der Waals surface area contributed by atoms with Gasteiger partial charge in [0, 0.05) is 12.6 Å². The molecule has 0 aliphatic heterocycles. The lowest BCUT2D eigenvalue weighted by Crippen LogP contribution is -2.30. The topological polar surface area (TPSA) is 94.4 Å². The smallest absolute Gasteiger partial charge is 0.406 e. The predicted octanol–water partition coefficient (Wildman–Crippen LogP) is 3.50. The summed E-state index contributed by atoms with van der Waals surface area (Å²) in [4.78, 5) is 26.2. The van der Waals surface area contributed by atoms with Gasteiger partial charge in [-0.15, -0.1) is 0 Å². The second kappa shape index (κ2) is 7.22. The maximum Gasteiger partial charge on any atom is 0.406 e. The predicted molar refractivity (Wildman–Crippen MR) is 85.8 cm³/mol. The Bertz CT molecular complexity index is 800. The van der Waals surface area contributed by atoms with Crippen molar-refractivity contribution in [1.82, 2.24) is 4.98 Å². The van der Waals surface area contributed by atoms with Gasteiger partial charge in [0.2, 0.25) is 5.75 Å². The fourth-order valence-corrected chi connectivity index (χ4v) is 2.00. The molecule has 24 heavy (non-hydrogen) atoms. The Morgan fingerprint density at radius 1 is 1.42 bits per heavy atom. The number of pyridine rings is 1. The van der Waals surface area contributed by atoms with E-state index in [9.17, 15) is 19.3 Å². The number of nitrogens with zero attached hydrogens (tertiary/aromatic N) is 2. The summed E-state index contributed by atoms with van der Waals surface area (Å²) in [6.45, 7) is 3.02. The standard InChI is InChI=1S/C15H13ClFN3O4/c1-8-3-6-13(14(18-8)20(22)23)24-9(2)15(21)19-10-4-5-12(17)11(16)7-10/h3-7,9H,1-2H3,(H,19,21). The van der Waals surface area contributed by atoms with E-state index >= 15 is 0 Å². The van der Waals surface area contributed by atoms with E-state index in [2.05, 4.69) is 10.3 Å². The van der Waals surface area contributed by atoms with Gasteiger partial charge in [-0.3, -0.25) is 4.79 Å². The Balaban J connectivity index is 2.11. The summed E-state index contributed by atoms with van der Waals surface area (Å²) in [5.41, 5.74) is 0.727. The summed E-state index contributed by atoms with van der Waals surface area (Å²) < 4.78 is 18.4. The Morgan fingerprint density at radius 3 is 2.75 bits per heavy atom. The largest absolute Gasteiger partial charge is 0.473 e. The van der Waals surface area contributed by atoms with Crippen LogP contribution in [0, 0.1) is 22.9 Å². The van der Waals surface area contributed by atoms with Crippen LogP contribution in [0.3, 0.4) is 0 Å². The lowest BCUT2D eigenvalue weighted by atomic mass is 10.3. The number of nitrogens with one attached hydrogen (secondary N) is 1. The van der Waals surface area contributed by atoms with Crippen molar-refractivity contribution in [2.24, 2.45) is 0 Å². The van der Waals surface area contributed by atoms with E-state index in [1.54, 1.807) is 6.92 Å². The highest BCUT2D eigenvalue weighted by atomic mass is 35.5. The highest BCUT2D eigenvalue weighted by Gasteiger charge is 2.23.